The molecule has 0 N–H and O–H groups in total. The van der Waals surface area contributed by atoms with Crippen LogP contribution >= 0.6 is 0 Å². The van der Waals surface area contributed by atoms with E-state index in [4.69, 9.17) is 0 Å². The van der Waals surface area contributed by atoms with Crippen molar-refractivity contribution in [1.82, 2.24) is 4.90 Å². The Balaban J connectivity index is 1.55. The first-order chi connectivity index (χ1) is 9.06. The highest BCUT2D eigenvalue weighted by molar-refractivity contribution is 5.30. The standard InChI is InChI=1S/C18H27N/c1-14-6-8-18(9-7-14)12-19(13-18)11-17-5-4-15(2)16(3)10-17/h4-5,10,14H,6-9,11-13H2,1-3H3. The number of hydrogen-bond acceptors (Lipinski definition) is 1. The molecular formula is C18H27N. The van der Waals surface area contributed by atoms with Gasteiger partial charge in [0.05, 0.1) is 0 Å². The lowest BCUT2D eigenvalue weighted by Gasteiger charge is -2.53. The third-order valence-corrected chi connectivity index (χ3v) is 5.43. The van der Waals surface area contributed by atoms with Crippen LogP contribution in [0.3, 0.4) is 0 Å². The number of likely N-dealkylation sites (tertiary alicyclic amines) is 1. The van der Waals surface area contributed by atoms with Crippen molar-refractivity contribution >= 4 is 0 Å². The third-order valence-electron chi connectivity index (χ3n) is 5.43. The summed E-state index contributed by atoms with van der Waals surface area (Å²) in [5.74, 6) is 0.972. The Morgan fingerprint density at radius 3 is 2.42 bits per heavy atom. The van der Waals surface area contributed by atoms with Crippen molar-refractivity contribution in [3.8, 4) is 0 Å². The van der Waals surface area contributed by atoms with E-state index in [1.165, 1.54) is 55.5 Å². The molecule has 104 valence electrons. The fourth-order valence-electron chi connectivity index (χ4n) is 3.86. The Bertz CT molecular complexity index is 447. The van der Waals surface area contributed by atoms with Crippen LogP contribution < -0.4 is 0 Å². The predicted molar refractivity (Wildman–Crippen MR) is 81.3 cm³/mol. The van der Waals surface area contributed by atoms with Gasteiger partial charge in [-0.15, -0.1) is 0 Å². The van der Waals surface area contributed by atoms with Crippen LogP contribution in [0.1, 0.15) is 49.3 Å². The molecule has 0 bridgehead atoms. The summed E-state index contributed by atoms with van der Waals surface area (Å²) in [6.07, 6.45) is 5.85. The van der Waals surface area contributed by atoms with E-state index in [1.807, 2.05) is 0 Å². The lowest BCUT2D eigenvalue weighted by molar-refractivity contribution is -0.0414. The van der Waals surface area contributed by atoms with E-state index in [0.29, 0.717) is 5.41 Å². The zero-order valence-corrected chi connectivity index (χ0v) is 12.7. The van der Waals surface area contributed by atoms with Crippen LogP contribution in [0.4, 0.5) is 0 Å². The maximum Gasteiger partial charge on any atom is 0.0234 e. The molecule has 1 saturated heterocycles. The van der Waals surface area contributed by atoms with Gasteiger partial charge in [-0.1, -0.05) is 38.0 Å². The largest absolute Gasteiger partial charge is 0.298 e. The maximum atomic E-state index is 2.64. The second-order valence-corrected chi connectivity index (χ2v) is 7.25. The topological polar surface area (TPSA) is 3.24 Å². The average Bonchev–Trinajstić information content (AvgIpc) is 2.35. The molecule has 3 rings (SSSR count). The number of rotatable bonds is 2. The van der Waals surface area contributed by atoms with Crippen molar-refractivity contribution < 1.29 is 0 Å². The summed E-state index contributed by atoms with van der Waals surface area (Å²) in [5.41, 5.74) is 5.03. The minimum absolute atomic E-state index is 0.701. The summed E-state index contributed by atoms with van der Waals surface area (Å²) in [6.45, 7) is 10.7. The minimum Gasteiger partial charge on any atom is -0.298 e. The van der Waals surface area contributed by atoms with Gasteiger partial charge in [0, 0.05) is 19.6 Å². The van der Waals surface area contributed by atoms with Crippen LogP contribution in [0.15, 0.2) is 18.2 Å². The number of aryl methyl sites for hydroxylation is 2. The fraction of sp³-hybridized carbons (Fsp3) is 0.667. The summed E-state index contributed by atoms with van der Waals surface area (Å²) in [4.78, 5) is 2.64. The van der Waals surface area contributed by atoms with Gasteiger partial charge in [-0.05, 0) is 54.7 Å². The van der Waals surface area contributed by atoms with Gasteiger partial charge in [-0.2, -0.15) is 0 Å². The molecule has 1 aromatic carbocycles. The monoisotopic (exact) mass is 257 g/mol. The van der Waals surface area contributed by atoms with Crippen LogP contribution in [0.25, 0.3) is 0 Å². The Morgan fingerprint density at radius 1 is 1.11 bits per heavy atom. The molecule has 1 heteroatoms. The highest BCUT2D eigenvalue weighted by atomic mass is 15.2. The highest BCUT2D eigenvalue weighted by Gasteiger charge is 2.43. The van der Waals surface area contributed by atoms with Crippen LogP contribution in [0.2, 0.25) is 0 Å². The first-order valence-corrected chi connectivity index (χ1v) is 7.85. The van der Waals surface area contributed by atoms with Gasteiger partial charge in [-0.25, -0.2) is 0 Å². The molecule has 1 saturated carbocycles. The average molecular weight is 257 g/mol. The molecule has 2 fully saturated rings. The van der Waals surface area contributed by atoms with E-state index < -0.39 is 0 Å². The van der Waals surface area contributed by atoms with Crippen molar-refractivity contribution in [1.29, 1.82) is 0 Å². The lowest BCUT2D eigenvalue weighted by atomic mass is 9.66. The summed E-state index contributed by atoms with van der Waals surface area (Å²) in [7, 11) is 0. The molecule has 1 nitrogen and oxygen atoms in total. The molecule has 2 aliphatic rings. The van der Waals surface area contributed by atoms with E-state index in [-0.39, 0.29) is 0 Å². The first-order valence-electron chi connectivity index (χ1n) is 7.85. The molecule has 0 unspecified atom stereocenters. The Kier molecular flexibility index (Phi) is 3.42. The molecule has 0 atom stereocenters. The Morgan fingerprint density at radius 2 is 1.79 bits per heavy atom. The molecule has 1 spiro atoms. The molecule has 1 aliphatic carbocycles. The van der Waals surface area contributed by atoms with Gasteiger partial charge in [-0.3, -0.25) is 4.90 Å². The van der Waals surface area contributed by atoms with Gasteiger partial charge in [0.15, 0.2) is 0 Å². The van der Waals surface area contributed by atoms with Crippen LogP contribution in [-0.2, 0) is 6.54 Å². The van der Waals surface area contributed by atoms with Crippen molar-refractivity contribution in [2.75, 3.05) is 13.1 Å². The number of nitrogens with zero attached hydrogens (tertiary/aromatic N) is 1. The molecule has 1 aromatic rings. The summed E-state index contributed by atoms with van der Waals surface area (Å²) < 4.78 is 0. The normalized spacial score (nSPS) is 23.5. The van der Waals surface area contributed by atoms with E-state index in [1.54, 1.807) is 0 Å². The van der Waals surface area contributed by atoms with Gasteiger partial charge in [0.2, 0.25) is 0 Å². The van der Waals surface area contributed by atoms with E-state index in [0.717, 1.165) is 12.5 Å². The zero-order valence-electron chi connectivity index (χ0n) is 12.7. The zero-order chi connectivity index (χ0) is 13.5. The molecule has 0 radical (unpaired) electrons. The van der Waals surface area contributed by atoms with Gasteiger partial charge in [0.1, 0.15) is 0 Å². The van der Waals surface area contributed by atoms with E-state index >= 15 is 0 Å². The molecule has 19 heavy (non-hydrogen) atoms. The third kappa shape index (κ3) is 2.72. The smallest absolute Gasteiger partial charge is 0.0234 e. The van der Waals surface area contributed by atoms with Crippen molar-refractivity contribution in [3.05, 3.63) is 34.9 Å². The quantitative estimate of drug-likeness (QED) is 0.763. The molecule has 1 aliphatic heterocycles. The molecule has 1 heterocycles. The molecule has 0 aromatic heterocycles. The van der Waals surface area contributed by atoms with Gasteiger partial charge in [0.25, 0.3) is 0 Å². The Hall–Kier alpha value is -0.820. The minimum atomic E-state index is 0.701. The van der Waals surface area contributed by atoms with E-state index in [2.05, 4.69) is 43.9 Å². The van der Waals surface area contributed by atoms with Crippen molar-refractivity contribution in [3.63, 3.8) is 0 Å². The number of benzene rings is 1. The number of hydrogen-bond donors (Lipinski definition) is 0. The lowest BCUT2D eigenvalue weighted by Crippen LogP contribution is -2.56. The van der Waals surface area contributed by atoms with Crippen LogP contribution in [0, 0.1) is 25.2 Å². The maximum absolute atomic E-state index is 2.64. The second kappa shape index (κ2) is 4.94. The van der Waals surface area contributed by atoms with E-state index in [9.17, 15) is 0 Å². The fourth-order valence-corrected chi connectivity index (χ4v) is 3.86. The Labute approximate surface area is 118 Å². The summed E-state index contributed by atoms with van der Waals surface area (Å²) in [6, 6.07) is 6.93. The highest BCUT2D eigenvalue weighted by Crippen LogP contribution is 2.45. The summed E-state index contributed by atoms with van der Waals surface area (Å²) >= 11 is 0. The first kappa shape index (κ1) is 13.2. The molecular weight excluding hydrogens is 230 g/mol. The van der Waals surface area contributed by atoms with Gasteiger partial charge < -0.3 is 0 Å². The predicted octanol–water partition coefficient (Wildman–Crippen LogP) is 4.32. The van der Waals surface area contributed by atoms with Crippen molar-refractivity contribution in [2.45, 2.75) is 53.0 Å². The van der Waals surface area contributed by atoms with Gasteiger partial charge >= 0.3 is 0 Å². The second-order valence-electron chi connectivity index (χ2n) is 7.25. The SMILES string of the molecule is Cc1ccc(CN2CC3(CCC(C)CC3)C2)cc1C. The van der Waals surface area contributed by atoms with Crippen molar-refractivity contribution in [2.24, 2.45) is 11.3 Å². The van der Waals surface area contributed by atoms with Crippen LogP contribution in [-0.4, -0.2) is 18.0 Å². The van der Waals surface area contributed by atoms with Crippen LogP contribution in [0.5, 0.6) is 0 Å². The summed E-state index contributed by atoms with van der Waals surface area (Å²) in [5, 5.41) is 0. The molecule has 0 amide bonds.